The number of nitrogens with two attached hydrogens (primary N) is 1. The van der Waals surface area contributed by atoms with E-state index >= 15 is 0 Å². The number of hydrogen-bond acceptors (Lipinski definition) is 7. The molecule has 2 aromatic rings. The molecular weight excluding hydrogens is 326 g/mol. The number of nitrogens with zero attached hydrogens (tertiary/aromatic N) is 1. The van der Waals surface area contributed by atoms with Gasteiger partial charge in [-0.1, -0.05) is 18.2 Å². The summed E-state index contributed by atoms with van der Waals surface area (Å²) in [6, 6.07) is 11.0. The van der Waals surface area contributed by atoms with Crippen molar-refractivity contribution >= 4 is 29.3 Å². The number of methoxy groups -OCH3 is 1. The summed E-state index contributed by atoms with van der Waals surface area (Å²) < 4.78 is 5.04. The zero-order valence-corrected chi connectivity index (χ0v) is 13.3. The highest BCUT2D eigenvalue weighted by atomic mass is 16.7. The third kappa shape index (κ3) is 4.49. The van der Waals surface area contributed by atoms with Crippen LogP contribution in [0.5, 0.6) is 5.75 Å². The van der Waals surface area contributed by atoms with Crippen LogP contribution in [0, 0.1) is 4.91 Å². The molecule has 128 valence electrons. The van der Waals surface area contributed by atoms with Gasteiger partial charge in [-0.25, -0.2) is 4.79 Å². The molecule has 0 atom stereocenters. The predicted molar refractivity (Wildman–Crippen MR) is 92.2 cm³/mol. The summed E-state index contributed by atoms with van der Waals surface area (Å²) in [5, 5.41) is 5.40. The van der Waals surface area contributed by atoms with Gasteiger partial charge in [0.1, 0.15) is 11.4 Å². The van der Waals surface area contributed by atoms with Gasteiger partial charge in [-0.2, -0.15) is 5.90 Å². The fourth-order valence-electron chi connectivity index (χ4n) is 2.05. The Hall–Kier alpha value is -3.52. The van der Waals surface area contributed by atoms with Gasteiger partial charge < -0.3 is 14.9 Å². The van der Waals surface area contributed by atoms with Crippen LogP contribution in [0.2, 0.25) is 0 Å². The third-order valence-electron chi connectivity index (χ3n) is 3.24. The number of nitroso groups, excluding NO2 is 1. The number of nitrogens with one attached hydrogen (secondary N) is 1. The van der Waals surface area contributed by atoms with E-state index in [1.165, 1.54) is 31.4 Å². The number of rotatable bonds is 6. The molecule has 0 fully saturated rings. The van der Waals surface area contributed by atoms with E-state index in [0.29, 0.717) is 11.3 Å². The Labute approximate surface area is 143 Å². The van der Waals surface area contributed by atoms with Crippen LogP contribution < -0.4 is 16.0 Å². The minimum Gasteiger partial charge on any atom is -0.494 e. The second-order valence-corrected chi connectivity index (χ2v) is 4.80. The normalized spacial score (nSPS) is 10.3. The van der Waals surface area contributed by atoms with Crippen molar-refractivity contribution < 1.29 is 19.2 Å². The molecule has 0 bridgehead atoms. The van der Waals surface area contributed by atoms with Crippen molar-refractivity contribution in [3.8, 4) is 5.75 Å². The number of anilines is 1. The molecule has 0 aliphatic heterocycles. The summed E-state index contributed by atoms with van der Waals surface area (Å²) in [5.41, 5.74) is 1.20. The molecule has 0 radical (unpaired) electrons. The lowest BCUT2D eigenvalue weighted by atomic mass is 10.1. The number of carbonyl (C=O) groups excluding carboxylic acids is 2. The lowest BCUT2D eigenvalue weighted by Gasteiger charge is -2.07. The van der Waals surface area contributed by atoms with Crippen molar-refractivity contribution in [3.05, 3.63) is 64.6 Å². The van der Waals surface area contributed by atoms with E-state index in [2.05, 4.69) is 15.3 Å². The van der Waals surface area contributed by atoms with E-state index in [9.17, 15) is 14.5 Å². The van der Waals surface area contributed by atoms with Gasteiger partial charge in [0.2, 0.25) is 5.91 Å². The summed E-state index contributed by atoms with van der Waals surface area (Å²) in [7, 11) is 1.41. The van der Waals surface area contributed by atoms with Gasteiger partial charge in [0.25, 0.3) is 0 Å². The molecule has 0 aliphatic carbocycles. The second-order valence-electron chi connectivity index (χ2n) is 4.80. The maximum Gasteiger partial charge on any atom is 0.358 e. The van der Waals surface area contributed by atoms with Gasteiger partial charge in [0, 0.05) is 6.08 Å². The standard InChI is InChI=1S/C17H15N3O5/c1-24-15-10-11(6-8-14(15)20-23)7-9-16(21)19-13-5-3-2-4-12(13)17(22)25-18/h2-10H,18H2,1H3,(H,19,21)/b9-7+. The Morgan fingerprint density at radius 1 is 1.20 bits per heavy atom. The summed E-state index contributed by atoms with van der Waals surface area (Å²) in [4.78, 5) is 38.4. The van der Waals surface area contributed by atoms with Gasteiger partial charge in [-0.15, -0.1) is 4.91 Å². The third-order valence-corrected chi connectivity index (χ3v) is 3.24. The van der Waals surface area contributed by atoms with Gasteiger partial charge in [0.05, 0.1) is 18.4 Å². The van der Waals surface area contributed by atoms with E-state index < -0.39 is 11.9 Å². The monoisotopic (exact) mass is 341 g/mol. The maximum absolute atomic E-state index is 12.0. The van der Waals surface area contributed by atoms with Crippen LogP contribution in [0.4, 0.5) is 11.4 Å². The molecular formula is C17H15N3O5. The number of benzene rings is 2. The first-order valence-corrected chi connectivity index (χ1v) is 7.09. The van der Waals surface area contributed by atoms with E-state index in [4.69, 9.17) is 10.6 Å². The van der Waals surface area contributed by atoms with Crippen LogP contribution in [0.25, 0.3) is 6.08 Å². The Morgan fingerprint density at radius 3 is 2.64 bits per heavy atom. The van der Waals surface area contributed by atoms with Crippen LogP contribution in [0.15, 0.2) is 53.7 Å². The fraction of sp³-hybridized carbons (Fsp3) is 0.0588. The Kier molecular flexibility index (Phi) is 5.97. The number of ether oxygens (including phenoxy) is 1. The van der Waals surface area contributed by atoms with Gasteiger partial charge in [0.15, 0.2) is 0 Å². The number of carbonyl (C=O) groups is 2. The summed E-state index contributed by atoms with van der Waals surface area (Å²) in [5.74, 6) is 3.94. The molecule has 0 saturated heterocycles. The molecule has 0 saturated carbocycles. The number of para-hydroxylation sites is 1. The summed E-state index contributed by atoms with van der Waals surface area (Å²) in [6.45, 7) is 0. The second kappa shape index (κ2) is 8.37. The quantitative estimate of drug-likeness (QED) is 0.473. The highest BCUT2D eigenvalue weighted by molar-refractivity contribution is 6.06. The molecule has 0 aliphatic rings. The predicted octanol–water partition coefficient (Wildman–Crippen LogP) is 2.78. The van der Waals surface area contributed by atoms with E-state index in [0.717, 1.165) is 0 Å². The molecule has 0 spiro atoms. The van der Waals surface area contributed by atoms with Crippen LogP contribution in [-0.2, 0) is 9.63 Å². The average molecular weight is 341 g/mol. The minimum atomic E-state index is -0.762. The first-order valence-electron chi connectivity index (χ1n) is 7.09. The van der Waals surface area contributed by atoms with E-state index in [1.54, 1.807) is 30.3 Å². The molecule has 1 amide bonds. The van der Waals surface area contributed by atoms with Crippen LogP contribution in [0.1, 0.15) is 15.9 Å². The number of amides is 1. The van der Waals surface area contributed by atoms with Crippen molar-refractivity contribution in [1.82, 2.24) is 0 Å². The average Bonchev–Trinajstić information content (AvgIpc) is 2.65. The zero-order valence-electron chi connectivity index (χ0n) is 13.3. The van der Waals surface area contributed by atoms with Crippen LogP contribution in [0.3, 0.4) is 0 Å². The Bertz CT molecular complexity index is 833. The van der Waals surface area contributed by atoms with Gasteiger partial charge in [-0.05, 0) is 41.1 Å². The molecule has 0 heterocycles. The molecule has 2 aromatic carbocycles. The first kappa shape index (κ1) is 17.8. The molecule has 0 aromatic heterocycles. The minimum absolute atomic E-state index is 0.134. The first-order chi connectivity index (χ1) is 12.1. The van der Waals surface area contributed by atoms with Crippen molar-refractivity contribution in [2.45, 2.75) is 0 Å². The molecule has 3 N–H and O–H groups in total. The SMILES string of the molecule is COc1cc(/C=C/C(=O)Nc2ccccc2C(=O)ON)ccc1N=O. The smallest absolute Gasteiger partial charge is 0.358 e. The topological polar surface area (TPSA) is 120 Å². The highest BCUT2D eigenvalue weighted by Crippen LogP contribution is 2.28. The largest absolute Gasteiger partial charge is 0.494 e. The van der Waals surface area contributed by atoms with E-state index in [1.807, 2.05) is 0 Å². The maximum atomic E-state index is 12.0. The van der Waals surface area contributed by atoms with Crippen molar-refractivity contribution in [2.24, 2.45) is 11.1 Å². The highest BCUT2D eigenvalue weighted by Gasteiger charge is 2.12. The number of hydrogen-bond donors (Lipinski definition) is 2. The molecule has 8 heteroatoms. The lowest BCUT2D eigenvalue weighted by Crippen LogP contribution is -2.15. The van der Waals surface area contributed by atoms with Crippen molar-refractivity contribution in [2.75, 3.05) is 12.4 Å². The zero-order chi connectivity index (χ0) is 18.2. The fourth-order valence-corrected chi connectivity index (χ4v) is 2.05. The Balaban J connectivity index is 2.14. The van der Waals surface area contributed by atoms with Crippen LogP contribution in [-0.4, -0.2) is 19.0 Å². The van der Waals surface area contributed by atoms with Crippen molar-refractivity contribution in [1.29, 1.82) is 0 Å². The molecule has 25 heavy (non-hydrogen) atoms. The Morgan fingerprint density at radius 2 is 1.96 bits per heavy atom. The van der Waals surface area contributed by atoms with Crippen LogP contribution >= 0.6 is 0 Å². The summed E-state index contributed by atoms with van der Waals surface area (Å²) >= 11 is 0. The van der Waals surface area contributed by atoms with Crippen molar-refractivity contribution in [3.63, 3.8) is 0 Å². The summed E-state index contributed by atoms with van der Waals surface area (Å²) in [6.07, 6.45) is 2.80. The van der Waals surface area contributed by atoms with E-state index in [-0.39, 0.29) is 16.9 Å². The lowest BCUT2D eigenvalue weighted by molar-refractivity contribution is -0.111. The molecule has 2 rings (SSSR count). The van der Waals surface area contributed by atoms with Gasteiger partial charge >= 0.3 is 5.97 Å². The molecule has 8 nitrogen and oxygen atoms in total. The van der Waals surface area contributed by atoms with Gasteiger partial charge in [-0.3, -0.25) is 4.79 Å². The molecule has 0 unspecified atom stereocenters.